The van der Waals surface area contributed by atoms with Gasteiger partial charge in [0.15, 0.2) is 5.78 Å². The van der Waals surface area contributed by atoms with Gasteiger partial charge in [-0.3, -0.25) is 9.59 Å². The van der Waals surface area contributed by atoms with Crippen LogP contribution >= 0.6 is 11.3 Å². The minimum Gasteiger partial charge on any atom is -0.352 e. The molecule has 0 saturated heterocycles. The molecule has 1 aromatic carbocycles. The Bertz CT molecular complexity index is 634. The van der Waals surface area contributed by atoms with E-state index in [1.807, 2.05) is 13.0 Å². The van der Waals surface area contributed by atoms with Crippen molar-refractivity contribution in [1.82, 2.24) is 5.32 Å². The van der Waals surface area contributed by atoms with Crippen molar-refractivity contribution in [3.63, 3.8) is 0 Å². The first-order chi connectivity index (χ1) is 10.0. The first-order valence-corrected chi connectivity index (χ1v) is 7.47. The Balaban J connectivity index is 1.74. The molecule has 0 radical (unpaired) electrons. The number of hydrogen-bond acceptors (Lipinski definition) is 3. The zero-order chi connectivity index (χ0) is 15.2. The van der Waals surface area contributed by atoms with Crippen LogP contribution in [0, 0.1) is 12.7 Å². The SMILES string of the molecule is Cc1ccc(C(=O)CCC(=O)NCc2ccc(F)cc2)s1. The molecule has 0 spiro atoms. The average Bonchev–Trinajstić information content (AvgIpc) is 2.91. The molecule has 2 rings (SSSR count). The maximum atomic E-state index is 12.7. The molecule has 0 aliphatic rings. The summed E-state index contributed by atoms with van der Waals surface area (Å²) < 4.78 is 12.7. The number of halogens is 1. The number of thiophene rings is 1. The molecule has 0 bridgehead atoms. The van der Waals surface area contributed by atoms with E-state index in [-0.39, 0.29) is 30.3 Å². The Morgan fingerprint density at radius 3 is 2.43 bits per heavy atom. The van der Waals surface area contributed by atoms with E-state index in [0.717, 1.165) is 10.4 Å². The third-order valence-corrected chi connectivity index (χ3v) is 4.04. The van der Waals surface area contributed by atoms with Crippen LogP contribution in [0.1, 0.15) is 33.0 Å². The minimum atomic E-state index is -0.304. The van der Waals surface area contributed by atoms with Gasteiger partial charge < -0.3 is 5.32 Å². The van der Waals surface area contributed by atoms with Crippen LogP contribution in [-0.4, -0.2) is 11.7 Å². The van der Waals surface area contributed by atoms with Gasteiger partial charge in [-0.2, -0.15) is 0 Å². The van der Waals surface area contributed by atoms with Gasteiger partial charge in [0.05, 0.1) is 4.88 Å². The first kappa shape index (κ1) is 15.4. The number of hydrogen-bond donors (Lipinski definition) is 1. The third-order valence-electron chi connectivity index (χ3n) is 3.00. The van der Waals surface area contributed by atoms with Crippen LogP contribution in [0.5, 0.6) is 0 Å². The normalized spacial score (nSPS) is 10.4. The predicted molar refractivity (Wildman–Crippen MR) is 80.9 cm³/mol. The Morgan fingerprint density at radius 2 is 1.81 bits per heavy atom. The van der Waals surface area contributed by atoms with Gasteiger partial charge in [0.25, 0.3) is 0 Å². The van der Waals surface area contributed by atoms with Gasteiger partial charge in [-0.15, -0.1) is 11.3 Å². The Labute approximate surface area is 126 Å². The lowest BCUT2D eigenvalue weighted by molar-refractivity contribution is -0.121. The van der Waals surface area contributed by atoms with Gasteiger partial charge in [-0.05, 0) is 36.8 Å². The van der Waals surface area contributed by atoms with Crippen molar-refractivity contribution in [2.45, 2.75) is 26.3 Å². The summed E-state index contributed by atoms with van der Waals surface area (Å²) in [4.78, 5) is 25.3. The van der Waals surface area contributed by atoms with E-state index in [4.69, 9.17) is 0 Å². The number of rotatable bonds is 6. The minimum absolute atomic E-state index is 0.00923. The lowest BCUT2D eigenvalue weighted by Crippen LogP contribution is -2.23. The molecule has 1 heterocycles. The van der Waals surface area contributed by atoms with Crippen LogP contribution < -0.4 is 5.32 Å². The molecule has 0 fully saturated rings. The molecule has 0 saturated carbocycles. The largest absolute Gasteiger partial charge is 0.352 e. The fraction of sp³-hybridized carbons (Fsp3) is 0.250. The Morgan fingerprint density at radius 1 is 1.10 bits per heavy atom. The maximum absolute atomic E-state index is 12.7. The molecule has 2 aromatic rings. The molecule has 1 amide bonds. The monoisotopic (exact) mass is 305 g/mol. The van der Waals surface area contributed by atoms with E-state index < -0.39 is 0 Å². The molecule has 110 valence electrons. The van der Waals surface area contributed by atoms with Crippen LogP contribution in [0.25, 0.3) is 0 Å². The summed E-state index contributed by atoms with van der Waals surface area (Å²) in [5, 5.41) is 2.72. The lowest BCUT2D eigenvalue weighted by atomic mass is 10.1. The van der Waals surface area contributed by atoms with E-state index >= 15 is 0 Å². The van der Waals surface area contributed by atoms with Gasteiger partial charge in [-0.1, -0.05) is 12.1 Å². The number of nitrogens with one attached hydrogen (secondary N) is 1. The summed E-state index contributed by atoms with van der Waals surface area (Å²) in [5.74, 6) is -0.493. The van der Waals surface area contributed by atoms with Crippen molar-refractivity contribution in [1.29, 1.82) is 0 Å². The fourth-order valence-electron chi connectivity index (χ4n) is 1.83. The Hall–Kier alpha value is -2.01. The standard InChI is InChI=1S/C16H16FNO2S/c1-11-2-8-15(21-11)14(19)7-9-16(20)18-10-12-3-5-13(17)6-4-12/h2-6,8H,7,9-10H2,1H3,(H,18,20). The van der Waals surface area contributed by atoms with Crippen molar-refractivity contribution in [2.24, 2.45) is 0 Å². The summed E-state index contributed by atoms with van der Waals surface area (Å²) in [6.45, 7) is 2.28. The van der Waals surface area contributed by atoms with Crippen molar-refractivity contribution < 1.29 is 14.0 Å². The van der Waals surface area contributed by atoms with Crippen LogP contribution in [0.4, 0.5) is 4.39 Å². The highest BCUT2D eigenvalue weighted by Gasteiger charge is 2.10. The van der Waals surface area contributed by atoms with Crippen molar-refractivity contribution in [3.8, 4) is 0 Å². The van der Waals surface area contributed by atoms with E-state index in [9.17, 15) is 14.0 Å². The molecule has 21 heavy (non-hydrogen) atoms. The molecule has 3 nitrogen and oxygen atoms in total. The number of carbonyl (C=O) groups excluding carboxylic acids is 2. The maximum Gasteiger partial charge on any atom is 0.220 e. The highest BCUT2D eigenvalue weighted by Crippen LogP contribution is 2.17. The van der Waals surface area contributed by atoms with Crippen LogP contribution in [-0.2, 0) is 11.3 Å². The Kier molecular flexibility index (Phi) is 5.22. The van der Waals surface area contributed by atoms with Gasteiger partial charge in [-0.25, -0.2) is 4.39 Å². The highest BCUT2D eigenvalue weighted by molar-refractivity contribution is 7.14. The van der Waals surface area contributed by atoms with Crippen LogP contribution in [0.2, 0.25) is 0 Å². The molecule has 5 heteroatoms. The van der Waals surface area contributed by atoms with Gasteiger partial charge in [0.2, 0.25) is 5.91 Å². The van der Waals surface area contributed by atoms with E-state index in [1.54, 1.807) is 18.2 Å². The predicted octanol–water partition coefficient (Wildman–Crippen LogP) is 3.47. The number of carbonyl (C=O) groups is 2. The zero-order valence-electron chi connectivity index (χ0n) is 11.7. The number of Topliss-reactive ketones (excluding diaryl/α,β-unsaturated/α-hetero) is 1. The van der Waals surface area contributed by atoms with Crippen LogP contribution in [0.3, 0.4) is 0 Å². The topological polar surface area (TPSA) is 46.2 Å². The quantitative estimate of drug-likeness (QED) is 0.831. The van der Waals surface area contributed by atoms with Crippen molar-refractivity contribution in [3.05, 3.63) is 57.5 Å². The first-order valence-electron chi connectivity index (χ1n) is 6.65. The smallest absolute Gasteiger partial charge is 0.220 e. The zero-order valence-corrected chi connectivity index (χ0v) is 12.5. The molecule has 0 aliphatic carbocycles. The summed E-state index contributed by atoms with van der Waals surface area (Å²) in [7, 11) is 0. The lowest BCUT2D eigenvalue weighted by Gasteiger charge is -2.05. The van der Waals surface area contributed by atoms with E-state index in [0.29, 0.717) is 11.4 Å². The number of benzene rings is 1. The molecule has 1 aromatic heterocycles. The third kappa shape index (κ3) is 4.79. The van der Waals surface area contributed by atoms with Crippen molar-refractivity contribution in [2.75, 3.05) is 0 Å². The number of ketones is 1. The van der Waals surface area contributed by atoms with Gasteiger partial charge in [0.1, 0.15) is 5.82 Å². The van der Waals surface area contributed by atoms with Gasteiger partial charge >= 0.3 is 0 Å². The molecule has 0 aliphatic heterocycles. The second kappa shape index (κ2) is 7.13. The fourth-order valence-corrected chi connectivity index (χ4v) is 2.66. The summed E-state index contributed by atoms with van der Waals surface area (Å²) >= 11 is 1.44. The average molecular weight is 305 g/mol. The molecular formula is C16H16FNO2S. The van der Waals surface area contributed by atoms with Crippen LogP contribution in [0.15, 0.2) is 36.4 Å². The second-order valence-corrected chi connectivity index (χ2v) is 6.02. The van der Waals surface area contributed by atoms with E-state index in [1.165, 1.54) is 23.5 Å². The summed E-state index contributed by atoms with van der Waals surface area (Å²) in [5.41, 5.74) is 0.824. The summed E-state index contributed by atoms with van der Waals surface area (Å²) in [6.07, 6.45) is 0.367. The highest BCUT2D eigenvalue weighted by atomic mass is 32.1. The molecule has 0 unspecified atom stereocenters. The molecular weight excluding hydrogens is 289 g/mol. The summed E-state index contributed by atoms with van der Waals surface area (Å²) in [6, 6.07) is 9.63. The number of amides is 1. The van der Waals surface area contributed by atoms with Crippen molar-refractivity contribution >= 4 is 23.0 Å². The van der Waals surface area contributed by atoms with Gasteiger partial charge in [0, 0.05) is 24.3 Å². The molecule has 1 N–H and O–H groups in total. The number of aryl methyl sites for hydroxylation is 1. The van der Waals surface area contributed by atoms with E-state index in [2.05, 4.69) is 5.32 Å². The second-order valence-electron chi connectivity index (χ2n) is 4.74. The molecule has 0 atom stereocenters.